The highest BCUT2D eigenvalue weighted by Gasteiger charge is 2.15. The Morgan fingerprint density at radius 1 is 1.33 bits per heavy atom. The number of carboxylic acids is 1. The average molecular weight is 295 g/mol. The monoisotopic (exact) mass is 295 g/mol. The summed E-state index contributed by atoms with van der Waals surface area (Å²) < 4.78 is 5.10. The summed E-state index contributed by atoms with van der Waals surface area (Å²) in [7, 11) is 0. The zero-order valence-corrected chi connectivity index (χ0v) is 12.5. The van der Waals surface area contributed by atoms with Gasteiger partial charge in [0.2, 0.25) is 0 Å². The van der Waals surface area contributed by atoms with Gasteiger partial charge in [0.05, 0.1) is 5.56 Å². The van der Waals surface area contributed by atoms with E-state index >= 15 is 0 Å². The topological polar surface area (TPSA) is 101 Å². The first-order valence-electron chi connectivity index (χ1n) is 6.68. The number of hydrogen-bond donors (Lipinski definition) is 3. The first-order valence-corrected chi connectivity index (χ1v) is 6.68. The van der Waals surface area contributed by atoms with Crippen LogP contribution in [0.25, 0.3) is 0 Å². The fourth-order valence-corrected chi connectivity index (χ4v) is 1.47. The number of nitrogens with one attached hydrogen (secondary N) is 2. The maximum atomic E-state index is 11.4. The molecule has 3 N–H and O–H groups in total. The molecular weight excluding hydrogens is 274 g/mol. The van der Waals surface area contributed by atoms with Crippen molar-refractivity contribution in [2.24, 2.45) is 0 Å². The fourth-order valence-electron chi connectivity index (χ4n) is 1.47. The van der Waals surface area contributed by atoms with Gasteiger partial charge >= 0.3 is 12.1 Å². The number of hydrogen-bond acceptors (Lipinski definition) is 5. The highest BCUT2D eigenvalue weighted by Crippen LogP contribution is 2.07. The summed E-state index contributed by atoms with van der Waals surface area (Å²) in [5.74, 6) is -0.501. The molecule has 0 aliphatic carbocycles. The molecule has 0 fully saturated rings. The van der Waals surface area contributed by atoms with Gasteiger partial charge in [-0.1, -0.05) is 0 Å². The molecule has 0 saturated carbocycles. The standard InChI is InChI=1S/C14H21N3O4/c1-14(2,3)21-13(20)17-7-4-6-15-11-9-10(12(18)19)5-8-16-11/h5,8-9H,4,6-7H2,1-3H3,(H,15,16)(H,17,20)(H,18,19). The minimum absolute atomic E-state index is 0.180. The summed E-state index contributed by atoms with van der Waals surface area (Å²) in [5, 5.41) is 14.5. The van der Waals surface area contributed by atoms with E-state index in [0.29, 0.717) is 25.3 Å². The zero-order chi connectivity index (χ0) is 15.9. The molecule has 0 radical (unpaired) electrons. The third kappa shape index (κ3) is 7.14. The third-order valence-corrected chi connectivity index (χ3v) is 2.33. The summed E-state index contributed by atoms with van der Waals surface area (Å²) in [5.41, 5.74) is -0.330. The van der Waals surface area contributed by atoms with E-state index in [4.69, 9.17) is 9.84 Å². The van der Waals surface area contributed by atoms with Crippen LogP contribution in [0, 0.1) is 0 Å². The Morgan fingerprint density at radius 3 is 2.67 bits per heavy atom. The minimum Gasteiger partial charge on any atom is -0.478 e. The van der Waals surface area contributed by atoms with Crippen molar-refractivity contribution in [2.45, 2.75) is 32.8 Å². The number of carbonyl (C=O) groups excluding carboxylic acids is 1. The number of ether oxygens (including phenoxy) is 1. The van der Waals surface area contributed by atoms with Crippen LogP contribution in [0.4, 0.5) is 10.6 Å². The summed E-state index contributed by atoms with van der Waals surface area (Å²) in [6, 6.07) is 2.89. The molecule has 7 heteroatoms. The van der Waals surface area contributed by atoms with Gasteiger partial charge < -0.3 is 20.5 Å². The van der Waals surface area contributed by atoms with Crippen LogP contribution in [-0.2, 0) is 4.74 Å². The van der Waals surface area contributed by atoms with E-state index in [1.807, 2.05) is 0 Å². The molecule has 0 aliphatic rings. The Labute approximate surface area is 123 Å². The number of amides is 1. The van der Waals surface area contributed by atoms with Crippen LogP contribution in [0.5, 0.6) is 0 Å². The van der Waals surface area contributed by atoms with Crippen LogP contribution in [-0.4, -0.2) is 40.8 Å². The molecule has 0 bridgehead atoms. The van der Waals surface area contributed by atoms with E-state index in [1.54, 1.807) is 20.8 Å². The first kappa shape index (κ1) is 16.7. The van der Waals surface area contributed by atoms with Crippen molar-refractivity contribution < 1.29 is 19.4 Å². The predicted molar refractivity (Wildman–Crippen MR) is 78.5 cm³/mol. The highest BCUT2D eigenvalue weighted by atomic mass is 16.6. The predicted octanol–water partition coefficient (Wildman–Crippen LogP) is 2.11. The van der Waals surface area contributed by atoms with Gasteiger partial charge in [0.15, 0.2) is 0 Å². The summed E-state index contributed by atoms with van der Waals surface area (Å²) >= 11 is 0. The maximum Gasteiger partial charge on any atom is 0.407 e. The summed E-state index contributed by atoms with van der Waals surface area (Å²) in [6.45, 7) is 6.42. The summed E-state index contributed by atoms with van der Waals surface area (Å²) in [6.07, 6.45) is 1.65. The van der Waals surface area contributed by atoms with E-state index in [-0.39, 0.29) is 5.56 Å². The van der Waals surface area contributed by atoms with E-state index < -0.39 is 17.7 Å². The maximum absolute atomic E-state index is 11.4. The Morgan fingerprint density at radius 2 is 2.05 bits per heavy atom. The van der Waals surface area contributed by atoms with Gasteiger partial charge in [-0.25, -0.2) is 14.6 Å². The lowest BCUT2D eigenvalue weighted by molar-refractivity contribution is 0.0527. The molecule has 21 heavy (non-hydrogen) atoms. The number of alkyl carbamates (subject to hydrolysis) is 1. The highest BCUT2D eigenvalue weighted by molar-refractivity contribution is 5.88. The molecule has 0 atom stereocenters. The SMILES string of the molecule is CC(C)(C)OC(=O)NCCCNc1cc(C(=O)O)ccn1. The van der Waals surface area contributed by atoms with Crippen LogP contribution in [0.1, 0.15) is 37.6 Å². The van der Waals surface area contributed by atoms with E-state index in [1.165, 1.54) is 18.3 Å². The van der Waals surface area contributed by atoms with E-state index in [2.05, 4.69) is 15.6 Å². The number of aromatic nitrogens is 1. The molecule has 0 unspecified atom stereocenters. The molecule has 1 rings (SSSR count). The van der Waals surface area contributed by atoms with Crippen molar-refractivity contribution in [3.8, 4) is 0 Å². The molecule has 0 spiro atoms. The number of rotatable bonds is 6. The van der Waals surface area contributed by atoms with Gasteiger partial charge in [0.1, 0.15) is 11.4 Å². The summed E-state index contributed by atoms with van der Waals surface area (Å²) in [4.78, 5) is 26.2. The van der Waals surface area contributed by atoms with E-state index in [9.17, 15) is 9.59 Å². The largest absolute Gasteiger partial charge is 0.478 e. The molecule has 1 aromatic rings. The Bertz CT molecular complexity index is 497. The van der Waals surface area contributed by atoms with Crippen LogP contribution in [0.15, 0.2) is 18.3 Å². The minimum atomic E-state index is -0.993. The van der Waals surface area contributed by atoms with Gasteiger partial charge in [-0.15, -0.1) is 0 Å². The number of carbonyl (C=O) groups is 2. The third-order valence-electron chi connectivity index (χ3n) is 2.33. The molecule has 1 heterocycles. The van der Waals surface area contributed by atoms with Crippen molar-refractivity contribution in [3.05, 3.63) is 23.9 Å². The quantitative estimate of drug-likeness (QED) is 0.695. The average Bonchev–Trinajstić information content (AvgIpc) is 2.36. The van der Waals surface area contributed by atoms with E-state index in [0.717, 1.165) is 0 Å². The van der Waals surface area contributed by atoms with Gasteiger partial charge in [0, 0.05) is 19.3 Å². The van der Waals surface area contributed by atoms with Crippen molar-refractivity contribution in [1.82, 2.24) is 10.3 Å². The Balaban J connectivity index is 2.24. The van der Waals surface area contributed by atoms with Crippen LogP contribution in [0.2, 0.25) is 0 Å². The van der Waals surface area contributed by atoms with Crippen molar-refractivity contribution in [2.75, 3.05) is 18.4 Å². The molecule has 7 nitrogen and oxygen atoms in total. The molecule has 1 aromatic heterocycles. The first-order chi connectivity index (χ1) is 9.78. The molecule has 0 aromatic carbocycles. The Hall–Kier alpha value is -2.31. The molecule has 116 valence electrons. The number of nitrogens with zero attached hydrogens (tertiary/aromatic N) is 1. The zero-order valence-electron chi connectivity index (χ0n) is 12.5. The van der Waals surface area contributed by atoms with Crippen molar-refractivity contribution in [3.63, 3.8) is 0 Å². The van der Waals surface area contributed by atoms with Crippen LogP contribution >= 0.6 is 0 Å². The van der Waals surface area contributed by atoms with Gasteiger partial charge in [0.25, 0.3) is 0 Å². The van der Waals surface area contributed by atoms with Crippen LogP contribution in [0.3, 0.4) is 0 Å². The van der Waals surface area contributed by atoms with Crippen LogP contribution < -0.4 is 10.6 Å². The number of aromatic carboxylic acids is 1. The fraction of sp³-hybridized carbons (Fsp3) is 0.500. The normalized spacial score (nSPS) is 10.8. The second kappa shape index (κ2) is 7.47. The van der Waals surface area contributed by atoms with Crippen molar-refractivity contribution in [1.29, 1.82) is 0 Å². The lowest BCUT2D eigenvalue weighted by atomic mass is 10.2. The molecule has 1 amide bonds. The second-order valence-corrected chi connectivity index (χ2v) is 5.44. The smallest absolute Gasteiger partial charge is 0.407 e. The number of anilines is 1. The lowest BCUT2D eigenvalue weighted by Crippen LogP contribution is -2.33. The molecular formula is C14H21N3O4. The molecule has 0 aliphatic heterocycles. The second-order valence-electron chi connectivity index (χ2n) is 5.44. The van der Waals surface area contributed by atoms with Crippen molar-refractivity contribution >= 4 is 17.9 Å². The number of pyridine rings is 1. The lowest BCUT2D eigenvalue weighted by Gasteiger charge is -2.19. The Kier molecular flexibility index (Phi) is 5.95. The molecule has 0 saturated heterocycles. The van der Waals surface area contributed by atoms with Gasteiger partial charge in [-0.3, -0.25) is 0 Å². The van der Waals surface area contributed by atoms with Gasteiger partial charge in [-0.05, 0) is 39.3 Å². The van der Waals surface area contributed by atoms with Gasteiger partial charge in [-0.2, -0.15) is 0 Å². The number of carboxylic acid groups (broad SMARTS) is 1.